The molecule has 0 bridgehead atoms. The van der Waals surface area contributed by atoms with Crippen LogP contribution in [0.3, 0.4) is 0 Å². The Kier molecular flexibility index (Phi) is 10.6. The number of unbranched alkanes of at least 4 members (excludes halogenated alkanes) is 2. The van der Waals surface area contributed by atoms with Crippen molar-refractivity contribution in [2.24, 2.45) is 5.73 Å². The van der Waals surface area contributed by atoms with Crippen molar-refractivity contribution >= 4 is 17.9 Å². The lowest BCUT2D eigenvalue weighted by atomic mass is 10.0. The van der Waals surface area contributed by atoms with Gasteiger partial charge in [0, 0.05) is 19.4 Å². The number of nitrogens with two attached hydrogens (primary N) is 1. The number of carbonyl (C=O) groups excluding carboxylic acids is 3. The second-order valence-electron chi connectivity index (χ2n) is 7.37. The van der Waals surface area contributed by atoms with Crippen molar-refractivity contribution in [3.05, 3.63) is 65.7 Å². The van der Waals surface area contributed by atoms with E-state index < -0.39 is 18.0 Å². The van der Waals surface area contributed by atoms with Gasteiger partial charge in [-0.2, -0.15) is 0 Å². The molecule has 2 rings (SSSR count). The number of ether oxygens (including phenoxy) is 2. The zero-order valence-electron chi connectivity index (χ0n) is 18.3. The van der Waals surface area contributed by atoms with Gasteiger partial charge in [-0.1, -0.05) is 48.9 Å². The summed E-state index contributed by atoms with van der Waals surface area (Å²) in [6.07, 6.45) is 2.26. The number of rotatable bonds is 13. The molecule has 8 heteroatoms. The molecule has 8 nitrogen and oxygen atoms in total. The van der Waals surface area contributed by atoms with E-state index in [1.807, 2.05) is 42.5 Å². The maximum Gasteiger partial charge on any atom is 0.407 e. The third kappa shape index (κ3) is 9.51. The molecule has 0 unspecified atom stereocenters. The summed E-state index contributed by atoms with van der Waals surface area (Å²) in [4.78, 5) is 35.6. The molecule has 0 saturated heterocycles. The van der Waals surface area contributed by atoms with Crippen LogP contribution < -0.4 is 21.1 Å². The van der Waals surface area contributed by atoms with Crippen LogP contribution in [-0.4, -0.2) is 37.6 Å². The van der Waals surface area contributed by atoms with Crippen LogP contribution in [0.25, 0.3) is 0 Å². The average molecular weight is 442 g/mol. The van der Waals surface area contributed by atoms with E-state index in [1.165, 1.54) is 0 Å². The fraction of sp³-hybridized carbons (Fsp3) is 0.375. The first kappa shape index (κ1) is 24.7. The van der Waals surface area contributed by atoms with Crippen LogP contribution in [0.1, 0.15) is 36.8 Å². The monoisotopic (exact) mass is 441 g/mol. The standard InChI is InChI=1S/C24H31N3O5/c1-31-20-13-11-18(12-14-20)16-21(23(25)29)27-22(28)10-6-3-7-15-26-24(30)32-17-19-8-4-2-5-9-19/h2,4-5,8-9,11-14,21H,3,6-7,10,15-17H2,1H3,(H2,25,29)(H,26,30)(H,27,28)/t21-/m1/s1. The van der Waals surface area contributed by atoms with Crippen LogP contribution in [0.4, 0.5) is 4.79 Å². The van der Waals surface area contributed by atoms with Gasteiger partial charge in [-0.3, -0.25) is 9.59 Å². The van der Waals surface area contributed by atoms with Crippen LogP contribution in [0.2, 0.25) is 0 Å². The maximum absolute atomic E-state index is 12.2. The van der Waals surface area contributed by atoms with E-state index >= 15 is 0 Å². The molecule has 0 spiro atoms. The number of hydrogen-bond acceptors (Lipinski definition) is 5. The van der Waals surface area contributed by atoms with Gasteiger partial charge in [0.1, 0.15) is 18.4 Å². The summed E-state index contributed by atoms with van der Waals surface area (Å²) in [5, 5.41) is 5.39. The molecule has 172 valence electrons. The fourth-order valence-corrected chi connectivity index (χ4v) is 3.04. The molecule has 0 saturated carbocycles. The summed E-state index contributed by atoms with van der Waals surface area (Å²) in [7, 11) is 1.58. The van der Waals surface area contributed by atoms with Gasteiger partial charge in [0.2, 0.25) is 11.8 Å². The van der Waals surface area contributed by atoms with Gasteiger partial charge in [0.15, 0.2) is 0 Å². The van der Waals surface area contributed by atoms with E-state index in [-0.39, 0.29) is 18.9 Å². The Balaban J connectivity index is 1.58. The van der Waals surface area contributed by atoms with E-state index in [0.29, 0.717) is 25.1 Å². The summed E-state index contributed by atoms with van der Waals surface area (Å²) >= 11 is 0. The van der Waals surface area contributed by atoms with Crippen molar-refractivity contribution in [3.63, 3.8) is 0 Å². The molecule has 0 radical (unpaired) electrons. The Labute approximate surface area is 188 Å². The number of benzene rings is 2. The largest absolute Gasteiger partial charge is 0.497 e. The van der Waals surface area contributed by atoms with Gasteiger partial charge in [-0.25, -0.2) is 4.79 Å². The second kappa shape index (κ2) is 13.7. The summed E-state index contributed by atoms with van der Waals surface area (Å²) in [6, 6.07) is 15.9. The van der Waals surface area contributed by atoms with Gasteiger partial charge in [-0.05, 0) is 36.1 Å². The van der Waals surface area contributed by atoms with Crippen molar-refractivity contribution in [1.82, 2.24) is 10.6 Å². The summed E-state index contributed by atoms with van der Waals surface area (Å²) in [5.41, 5.74) is 7.24. The Bertz CT molecular complexity index is 856. The molecule has 2 aromatic carbocycles. The van der Waals surface area contributed by atoms with Crippen LogP contribution in [-0.2, 0) is 27.4 Å². The van der Waals surface area contributed by atoms with E-state index in [4.69, 9.17) is 15.2 Å². The minimum Gasteiger partial charge on any atom is -0.497 e. The lowest BCUT2D eigenvalue weighted by Crippen LogP contribution is -2.45. The molecule has 2 aromatic rings. The van der Waals surface area contributed by atoms with E-state index in [1.54, 1.807) is 19.2 Å². The Morgan fingerprint density at radius 1 is 0.938 bits per heavy atom. The molecule has 32 heavy (non-hydrogen) atoms. The normalized spacial score (nSPS) is 11.3. The third-order valence-corrected chi connectivity index (χ3v) is 4.84. The molecule has 1 atom stereocenters. The van der Waals surface area contributed by atoms with Crippen LogP contribution >= 0.6 is 0 Å². The third-order valence-electron chi connectivity index (χ3n) is 4.84. The first-order valence-corrected chi connectivity index (χ1v) is 10.6. The molecule has 0 aliphatic rings. The average Bonchev–Trinajstić information content (AvgIpc) is 2.80. The molecule has 0 aromatic heterocycles. The predicted molar refractivity (Wildman–Crippen MR) is 121 cm³/mol. The van der Waals surface area contributed by atoms with Crippen LogP contribution in [0.5, 0.6) is 5.75 Å². The summed E-state index contributed by atoms with van der Waals surface area (Å²) in [6.45, 7) is 0.695. The first-order valence-electron chi connectivity index (χ1n) is 10.6. The Morgan fingerprint density at radius 3 is 2.31 bits per heavy atom. The SMILES string of the molecule is COc1ccc(C[C@@H](NC(=O)CCCCCNC(=O)OCc2ccccc2)C(N)=O)cc1. The molecule has 0 fully saturated rings. The molecule has 4 N–H and O–H groups in total. The predicted octanol–water partition coefficient (Wildman–Crippen LogP) is 2.69. The Hall–Kier alpha value is -3.55. The minimum atomic E-state index is -0.767. The second-order valence-corrected chi connectivity index (χ2v) is 7.37. The van der Waals surface area contributed by atoms with Gasteiger partial charge >= 0.3 is 6.09 Å². The molecule has 3 amide bonds. The zero-order valence-corrected chi connectivity index (χ0v) is 18.3. The van der Waals surface area contributed by atoms with Gasteiger partial charge in [0.25, 0.3) is 0 Å². The highest BCUT2D eigenvalue weighted by atomic mass is 16.5. The highest BCUT2D eigenvalue weighted by molar-refractivity contribution is 5.86. The number of amides is 3. The highest BCUT2D eigenvalue weighted by Gasteiger charge is 2.18. The van der Waals surface area contributed by atoms with Crippen molar-refractivity contribution in [3.8, 4) is 5.75 Å². The molecule has 0 heterocycles. The summed E-state index contributed by atoms with van der Waals surface area (Å²) < 4.78 is 10.2. The van der Waals surface area contributed by atoms with Gasteiger partial charge < -0.3 is 25.8 Å². The van der Waals surface area contributed by atoms with Crippen molar-refractivity contribution < 1.29 is 23.9 Å². The highest BCUT2D eigenvalue weighted by Crippen LogP contribution is 2.13. The number of nitrogens with one attached hydrogen (secondary N) is 2. The van der Waals surface area contributed by atoms with E-state index in [2.05, 4.69) is 10.6 Å². The fourth-order valence-electron chi connectivity index (χ4n) is 3.04. The molecular formula is C24H31N3O5. The Morgan fingerprint density at radius 2 is 1.66 bits per heavy atom. The number of hydrogen-bond donors (Lipinski definition) is 3. The minimum absolute atomic E-state index is 0.224. The number of alkyl carbamates (subject to hydrolysis) is 1. The van der Waals surface area contributed by atoms with Gasteiger partial charge in [0.05, 0.1) is 7.11 Å². The van der Waals surface area contributed by atoms with Gasteiger partial charge in [-0.15, -0.1) is 0 Å². The lowest BCUT2D eigenvalue weighted by molar-refractivity contribution is -0.127. The van der Waals surface area contributed by atoms with E-state index in [9.17, 15) is 14.4 Å². The topological polar surface area (TPSA) is 120 Å². The van der Waals surface area contributed by atoms with Crippen LogP contribution in [0.15, 0.2) is 54.6 Å². The van der Waals surface area contributed by atoms with Crippen molar-refractivity contribution in [1.29, 1.82) is 0 Å². The smallest absolute Gasteiger partial charge is 0.407 e. The maximum atomic E-state index is 12.2. The summed E-state index contributed by atoms with van der Waals surface area (Å²) in [5.74, 6) is -0.0858. The van der Waals surface area contributed by atoms with E-state index in [0.717, 1.165) is 24.0 Å². The quantitative estimate of drug-likeness (QED) is 0.413. The molecule has 0 aliphatic carbocycles. The van der Waals surface area contributed by atoms with Crippen molar-refractivity contribution in [2.45, 2.75) is 44.8 Å². The van der Waals surface area contributed by atoms with Crippen molar-refractivity contribution in [2.75, 3.05) is 13.7 Å². The van der Waals surface area contributed by atoms with Crippen LogP contribution in [0, 0.1) is 0 Å². The number of primary amides is 1. The molecular weight excluding hydrogens is 410 g/mol. The molecule has 0 aliphatic heterocycles. The number of methoxy groups -OCH3 is 1. The lowest BCUT2D eigenvalue weighted by Gasteiger charge is -2.16. The zero-order chi connectivity index (χ0) is 23.2. The number of carbonyl (C=O) groups is 3. The first-order chi connectivity index (χ1) is 15.5.